The number of nitrogens with zero attached hydrogens (tertiary/aromatic N) is 2. The van der Waals surface area contributed by atoms with E-state index in [4.69, 9.17) is 4.99 Å². The monoisotopic (exact) mass is 306 g/mol. The van der Waals surface area contributed by atoms with Gasteiger partial charge in [0.15, 0.2) is 0 Å². The third kappa shape index (κ3) is 3.22. The predicted octanol–water partition coefficient (Wildman–Crippen LogP) is 4.81. The Kier molecular flexibility index (Phi) is 4.23. The van der Waals surface area contributed by atoms with E-state index in [9.17, 15) is 0 Å². The Hall–Kier alpha value is -1.09. The molecule has 0 aromatic heterocycles. The van der Waals surface area contributed by atoms with E-state index in [-0.39, 0.29) is 0 Å². The van der Waals surface area contributed by atoms with Crippen LogP contribution in [0.2, 0.25) is 0 Å². The SMILES string of the molecule is CC(C)=CN1CCCC1=Nc1ccc(Br)cc1C. The van der Waals surface area contributed by atoms with Crippen LogP contribution in [0.1, 0.15) is 32.3 Å². The number of rotatable bonds is 2. The second-order valence-corrected chi connectivity index (χ2v) is 5.88. The van der Waals surface area contributed by atoms with Crippen molar-refractivity contribution in [2.75, 3.05) is 6.54 Å². The van der Waals surface area contributed by atoms with E-state index in [1.54, 1.807) is 0 Å². The topological polar surface area (TPSA) is 15.6 Å². The predicted molar refractivity (Wildman–Crippen MR) is 81.3 cm³/mol. The fourth-order valence-corrected chi connectivity index (χ4v) is 2.61. The van der Waals surface area contributed by atoms with Gasteiger partial charge < -0.3 is 4.90 Å². The quantitative estimate of drug-likeness (QED) is 0.766. The van der Waals surface area contributed by atoms with Crippen molar-refractivity contribution in [2.45, 2.75) is 33.6 Å². The van der Waals surface area contributed by atoms with Gasteiger partial charge in [-0.05, 0) is 51.0 Å². The fraction of sp³-hybridized carbons (Fsp3) is 0.400. The van der Waals surface area contributed by atoms with Gasteiger partial charge in [0.2, 0.25) is 0 Å². The van der Waals surface area contributed by atoms with Crippen LogP contribution in [-0.4, -0.2) is 17.3 Å². The molecular weight excluding hydrogens is 288 g/mol. The van der Waals surface area contributed by atoms with Gasteiger partial charge in [-0.15, -0.1) is 0 Å². The average molecular weight is 307 g/mol. The molecule has 0 unspecified atom stereocenters. The number of hydrogen-bond acceptors (Lipinski definition) is 1. The number of likely N-dealkylation sites (tertiary alicyclic amines) is 1. The number of aliphatic imine (C=N–C) groups is 1. The third-order valence-electron chi connectivity index (χ3n) is 2.95. The lowest BCUT2D eigenvalue weighted by Crippen LogP contribution is -2.18. The second kappa shape index (κ2) is 5.70. The molecular formula is C15H19BrN2. The van der Waals surface area contributed by atoms with E-state index in [0.717, 1.165) is 23.1 Å². The summed E-state index contributed by atoms with van der Waals surface area (Å²) in [6, 6.07) is 6.23. The smallest absolute Gasteiger partial charge is 0.109 e. The van der Waals surface area contributed by atoms with Crippen molar-refractivity contribution in [1.82, 2.24) is 4.90 Å². The average Bonchev–Trinajstić information content (AvgIpc) is 2.69. The maximum absolute atomic E-state index is 4.81. The fourth-order valence-electron chi connectivity index (χ4n) is 2.13. The van der Waals surface area contributed by atoms with Crippen molar-refractivity contribution in [1.29, 1.82) is 0 Å². The Balaban J connectivity index is 2.29. The van der Waals surface area contributed by atoms with E-state index in [1.165, 1.54) is 23.4 Å². The molecule has 0 bridgehead atoms. The molecule has 2 nitrogen and oxygen atoms in total. The van der Waals surface area contributed by atoms with Gasteiger partial charge in [-0.1, -0.05) is 21.5 Å². The molecule has 1 aromatic rings. The van der Waals surface area contributed by atoms with Crippen molar-refractivity contribution < 1.29 is 0 Å². The Morgan fingerprint density at radius 1 is 1.39 bits per heavy atom. The van der Waals surface area contributed by atoms with Crippen LogP contribution in [-0.2, 0) is 0 Å². The minimum Gasteiger partial charge on any atom is -0.337 e. The highest BCUT2D eigenvalue weighted by molar-refractivity contribution is 9.10. The van der Waals surface area contributed by atoms with Crippen LogP contribution in [0.3, 0.4) is 0 Å². The summed E-state index contributed by atoms with van der Waals surface area (Å²) in [6.07, 6.45) is 4.46. The number of allylic oxidation sites excluding steroid dienone is 1. The first-order valence-corrected chi connectivity index (χ1v) is 7.11. The van der Waals surface area contributed by atoms with Crippen LogP contribution in [0.5, 0.6) is 0 Å². The molecule has 18 heavy (non-hydrogen) atoms. The third-order valence-corrected chi connectivity index (χ3v) is 3.45. The zero-order valence-electron chi connectivity index (χ0n) is 11.2. The van der Waals surface area contributed by atoms with Gasteiger partial charge in [0.05, 0.1) is 5.69 Å². The molecule has 0 saturated carbocycles. The van der Waals surface area contributed by atoms with E-state index in [2.05, 4.69) is 59.9 Å². The van der Waals surface area contributed by atoms with E-state index < -0.39 is 0 Å². The van der Waals surface area contributed by atoms with Crippen LogP contribution in [0.15, 0.2) is 39.4 Å². The zero-order chi connectivity index (χ0) is 13.1. The largest absolute Gasteiger partial charge is 0.337 e. The summed E-state index contributed by atoms with van der Waals surface area (Å²) >= 11 is 3.49. The lowest BCUT2D eigenvalue weighted by atomic mass is 10.2. The molecule has 1 fully saturated rings. The Morgan fingerprint density at radius 3 is 2.83 bits per heavy atom. The zero-order valence-corrected chi connectivity index (χ0v) is 12.8. The Bertz CT molecular complexity index is 499. The van der Waals surface area contributed by atoms with Gasteiger partial charge in [-0.2, -0.15) is 0 Å². The molecule has 1 aliphatic rings. The molecule has 1 saturated heterocycles. The van der Waals surface area contributed by atoms with Gasteiger partial charge in [0.1, 0.15) is 5.84 Å². The number of halogens is 1. The summed E-state index contributed by atoms with van der Waals surface area (Å²) in [5.41, 5.74) is 3.60. The summed E-state index contributed by atoms with van der Waals surface area (Å²) in [5.74, 6) is 1.18. The highest BCUT2D eigenvalue weighted by Gasteiger charge is 2.16. The summed E-state index contributed by atoms with van der Waals surface area (Å²) in [5, 5.41) is 0. The maximum Gasteiger partial charge on any atom is 0.109 e. The van der Waals surface area contributed by atoms with E-state index in [0.29, 0.717) is 0 Å². The lowest BCUT2D eigenvalue weighted by molar-refractivity contribution is 0.598. The van der Waals surface area contributed by atoms with Gasteiger partial charge >= 0.3 is 0 Å². The summed E-state index contributed by atoms with van der Waals surface area (Å²) in [4.78, 5) is 7.08. The molecule has 1 aromatic carbocycles. The standard InChI is InChI=1S/C15H19BrN2/c1-11(2)10-18-8-4-5-15(18)17-14-7-6-13(16)9-12(14)3/h6-7,9-10H,4-5,8H2,1-3H3. The van der Waals surface area contributed by atoms with Gasteiger partial charge in [-0.3, -0.25) is 0 Å². The normalized spacial score (nSPS) is 17.3. The molecule has 0 N–H and O–H groups in total. The second-order valence-electron chi connectivity index (χ2n) is 4.96. The van der Waals surface area contributed by atoms with Crippen molar-refractivity contribution >= 4 is 27.5 Å². The first kappa shape index (κ1) is 13.3. The Labute approximate surface area is 118 Å². The van der Waals surface area contributed by atoms with Crippen molar-refractivity contribution in [2.24, 2.45) is 4.99 Å². The molecule has 0 atom stereocenters. The van der Waals surface area contributed by atoms with Crippen molar-refractivity contribution in [3.8, 4) is 0 Å². The van der Waals surface area contributed by atoms with E-state index >= 15 is 0 Å². The highest BCUT2D eigenvalue weighted by Crippen LogP contribution is 2.25. The van der Waals surface area contributed by atoms with Crippen molar-refractivity contribution in [3.05, 3.63) is 40.0 Å². The maximum atomic E-state index is 4.81. The molecule has 0 spiro atoms. The molecule has 1 heterocycles. The Morgan fingerprint density at radius 2 is 2.17 bits per heavy atom. The molecule has 0 radical (unpaired) electrons. The molecule has 96 valence electrons. The minimum absolute atomic E-state index is 1.07. The van der Waals surface area contributed by atoms with Crippen LogP contribution >= 0.6 is 15.9 Å². The highest BCUT2D eigenvalue weighted by atomic mass is 79.9. The van der Waals surface area contributed by atoms with Crippen LogP contribution in [0, 0.1) is 6.92 Å². The minimum atomic E-state index is 1.07. The number of benzene rings is 1. The molecule has 3 heteroatoms. The summed E-state index contributed by atoms with van der Waals surface area (Å²) in [7, 11) is 0. The van der Waals surface area contributed by atoms with Crippen molar-refractivity contribution in [3.63, 3.8) is 0 Å². The lowest BCUT2D eigenvalue weighted by Gasteiger charge is -2.14. The number of aryl methyl sites for hydroxylation is 1. The first-order valence-electron chi connectivity index (χ1n) is 6.31. The molecule has 0 aliphatic carbocycles. The number of hydrogen-bond donors (Lipinski definition) is 0. The first-order chi connectivity index (χ1) is 8.56. The number of amidine groups is 1. The van der Waals surface area contributed by atoms with Gasteiger partial charge in [-0.25, -0.2) is 4.99 Å². The van der Waals surface area contributed by atoms with Gasteiger partial charge in [0.25, 0.3) is 0 Å². The summed E-state index contributed by atoms with van der Waals surface area (Å²) in [6.45, 7) is 7.44. The molecule has 0 amide bonds. The van der Waals surface area contributed by atoms with Crippen LogP contribution < -0.4 is 0 Å². The molecule has 1 aliphatic heterocycles. The van der Waals surface area contributed by atoms with Crippen LogP contribution in [0.25, 0.3) is 0 Å². The molecule has 2 rings (SSSR count). The van der Waals surface area contributed by atoms with E-state index in [1.807, 2.05) is 6.07 Å². The van der Waals surface area contributed by atoms with Crippen LogP contribution in [0.4, 0.5) is 5.69 Å². The summed E-state index contributed by atoms with van der Waals surface area (Å²) < 4.78 is 1.11. The van der Waals surface area contributed by atoms with Gasteiger partial charge in [0, 0.05) is 23.6 Å².